The second-order valence-corrected chi connectivity index (χ2v) is 2.91. The van der Waals surface area contributed by atoms with E-state index in [0.717, 1.165) is 5.56 Å². The summed E-state index contributed by atoms with van der Waals surface area (Å²) in [5, 5.41) is 4.27. The van der Waals surface area contributed by atoms with E-state index in [1.165, 1.54) is 0 Å². The Morgan fingerprint density at radius 3 is 2.21 bits per heavy atom. The first kappa shape index (κ1) is 8.63. The molecule has 68 valence electrons. The smallest absolute Gasteiger partial charge is 0.0622 e. The van der Waals surface area contributed by atoms with E-state index in [1.54, 1.807) is 4.68 Å². The minimum atomic E-state index is 1.10. The number of benzene rings is 1. The van der Waals surface area contributed by atoms with Gasteiger partial charge in [0.05, 0.1) is 0 Å². The molecule has 0 saturated carbocycles. The van der Waals surface area contributed by atoms with Gasteiger partial charge in [-0.2, -0.15) is 0 Å². The van der Waals surface area contributed by atoms with Gasteiger partial charge < -0.3 is 0 Å². The molecule has 2 nitrogen and oxygen atoms in total. The molecule has 0 spiro atoms. The van der Waals surface area contributed by atoms with Gasteiger partial charge in [-0.1, -0.05) is 41.1 Å². The Morgan fingerprint density at radius 1 is 0.857 bits per heavy atom. The van der Waals surface area contributed by atoms with Gasteiger partial charge in [0.1, 0.15) is 6.21 Å². The van der Waals surface area contributed by atoms with Gasteiger partial charge in [-0.25, -0.2) is 0 Å². The van der Waals surface area contributed by atoms with Crippen molar-refractivity contribution in [2.45, 2.75) is 0 Å². The summed E-state index contributed by atoms with van der Waals surface area (Å²) in [7, 11) is 0. The highest BCUT2D eigenvalue weighted by molar-refractivity contribution is 5.78. The Morgan fingerprint density at radius 2 is 1.50 bits per heavy atom. The van der Waals surface area contributed by atoms with Gasteiger partial charge in [0.25, 0.3) is 0 Å². The van der Waals surface area contributed by atoms with Crippen molar-refractivity contribution in [1.82, 2.24) is 0 Å². The van der Waals surface area contributed by atoms with E-state index in [2.05, 4.69) is 5.10 Å². The summed E-state index contributed by atoms with van der Waals surface area (Å²) in [6.45, 7) is 0. The SMILES string of the molecule is C(=N/[n+]1ccccc1)/c1ccccc1. The van der Waals surface area contributed by atoms with E-state index in [-0.39, 0.29) is 0 Å². The number of pyridine rings is 1. The summed E-state index contributed by atoms with van der Waals surface area (Å²) in [5.41, 5.74) is 1.10. The number of aromatic nitrogens is 1. The second-order valence-electron chi connectivity index (χ2n) is 2.91. The molecule has 1 heterocycles. The molecule has 0 fully saturated rings. The van der Waals surface area contributed by atoms with Gasteiger partial charge in [-0.15, -0.1) is 0 Å². The zero-order valence-corrected chi connectivity index (χ0v) is 7.75. The van der Waals surface area contributed by atoms with Crippen LogP contribution in [-0.4, -0.2) is 6.21 Å². The van der Waals surface area contributed by atoms with Crippen molar-refractivity contribution in [1.29, 1.82) is 0 Å². The molecule has 0 radical (unpaired) electrons. The van der Waals surface area contributed by atoms with Gasteiger partial charge in [0, 0.05) is 12.1 Å². The van der Waals surface area contributed by atoms with Crippen molar-refractivity contribution >= 4 is 6.21 Å². The predicted octanol–water partition coefficient (Wildman–Crippen LogP) is 1.86. The number of rotatable bonds is 2. The summed E-state index contributed by atoms with van der Waals surface area (Å²) in [6.07, 6.45) is 5.64. The van der Waals surface area contributed by atoms with E-state index in [9.17, 15) is 0 Å². The van der Waals surface area contributed by atoms with E-state index in [4.69, 9.17) is 0 Å². The molecule has 2 aromatic rings. The van der Waals surface area contributed by atoms with Crippen LogP contribution in [-0.2, 0) is 0 Å². The highest BCUT2D eigenvalue weighted by Gasteiger charge is 1.91. The standard InChI is InChI=1S/C12H11N2/c1-3-7-12(8-4-1)11-13-14-9-5-2-6-10-14/h1-11H/q+1/b13-11-. The fourth-order valence-electron chi connectivity index (χ4n) is 1.14. The molecule has 0 unspecified atom stereocenters. The monoisotopic (exact) mass is 183 g/mol. The van der Waals surface area contributed by atoms with Crippen LogP contribution in [0.25, 0.3) is 0 Å². The molecule has 0 aliphatic rings. The third-order valence-corrected chi connectivity index (χ3v) is 1.84. The molecular weight excluding hydrogens is 172 g/mol. The molecule has 2 heteroatoms. The number of hydrogen-bond acceptors (Lipinski definition) is 1. The van der Waals surface area contributed by atoms with Crippen LogP contribution >= 0.6 is 0 Å². The third-order valence-electron chi connectivity index (χ3n) is 1.84. The van der Waals surface area contributed by atoms with Crippen molar-refractivity contribution in [3.8, 4) is 0 Å². The Hall–Kier alpha value is -1.96. The van der Waals surface area contributed by atoms with Crippen molar-refractivity contribution in [3.05, 3.63) is 66.5 Å². The average molecular weight is 183 g/mol. The Labute approximate surface area is 83.1 Å². The van der Waals surface area contributed by atoms with Crippen molar-refractivity contribution < 1.29 is 4.68 Å². The number of nitrogens with zero attached hydrogens (tertiary/aromatic N) is 2. The fourth-order valence-corrected chi connectivity index (χ4v) is 1.14. The molecular formula is C12H11N2+. The molecule has 0 N–H and O–H groups in total. The summed E-state index contributed by atoms with van der Waals surface area (Å²) in [4.78, 5) is 0. The second kappa shape index (κ2) is 4.33. The average Bonchev–Trinajstić information content (AvgIpc) is 2.29. The summed E-state index contributed by atoms with van der Waals surface area (Å²) in [6, 6.07) is 15.9. The van der Waals surface area contributed by atoms with Crippen LogP contribution in [0.1, 0.15) is 5.56 Å². The van der Waals surface area contributed by atoms with E-state index in [0.29, 0.717) is 0 Å². The molecule has 0 aliphatic carbocycles. The fraction of sp³-hybridized carbons (Fsp3) is 0. The zero-order chi connectivity index (χ0) is 9.64. The van der Waals surface area contributed by atoms with Crippen LogP contribution in [0, 0.1) is 0 Å². The van der Waals surface area contributed by atoms with Crippen molar-refractivity contribution in [2.24, 2.45) is 5.10 Å². The van der Waals surface area contributed by atoms with Gasteiger partial charge in [0.15, 0.2) is 0 Å². The van der Waals surface area contributed by atoms with Crippen LogP contribution in [0.5, 0.6) is 0 Å². The van der Waals surface area contributed by atoms with Gasteiger partial charge in [-0.05, 0) is 10.7 Å². The zero-order valence-electron chi connectivity index (χ0n) is 7.75. The lowest BCUT2D eigenvalue weighted by Gasteiger charge is -1.87. The van der Waals surface area contributed by atoms with Crippen LogP contribution in [0.2, 0.25) is 0 Å². The van der Waals surface area contributed by atoms with Crippen LogP contribution in [0.4, 0.5) is 0 Å². The quantitative estimate of drug-likeness (QED) is 0.499. The summed E-state index contributed by atoms with van der Waals surface area (Å²) < 4.78 is 1.77. The summed E-state index contributed by atoms with van der Waals surface area (Å²) in [5.74, 6) is 0. The van der Waals surface area contributed by atoms with Gasteiger partial charge >= 0.3 is 0 Å². The first-order chi connectivity index (χ1) is 6.95. The molecule has 0 saturated heterocycles. The first-order valence-electron chi connectivity index (χ1n) is 4.51. The van der Waals surface area contributed by atoms with Crippen LogP contribution in [0.15, 0.2) is 66.0 Å². The largest absolute Gasteiger partial charge is 0.202 e. The van der Waals surface area contributed by atoms with Crippen molar-refractivity contribution in [2.75, 3.05) is 0 Å². The minimum Gasteiger partial charge on any atom is -0.0622 e. The van der Waals surface area contributed by atoms with Crippen molar-refractivity contribution in [3.63, 3.8) is 0 Å². The minimum absolute atomic E-state index is 1.10. The van der Waals surface area contributed by atoms with Crippen LogP contribution < -0.4 is 4.68 Å². The van der Waals surface area contributed by atoms with E-state index >= 15 is 0 Å². The molecule has 0 amide bonds. The normalized spacial score (nSPS) is 10.6. The molecule has 0 atom stereocenters. The number of hydrogen-bond donors (Lipinski definition) is 0. The maximum Gasteiger partial charge on any atom is 0.202 e. The molecule has 0 bridgehead atoms. The molecule has 1 aromatic carbocycles. The van der Waals surface area contributed by atoms with E-state index < -0.39 is 0 Å². The third kappa shape index (κ3) is 2.26. The van der Waals surface area contributed by atoms with Crippen LogP contribution in [0.3, 0.4) is 0 Å². The molecule has 2 rings (SSSR count). The highest BCUT2D eigenvalue weighted by atomic mass is 15.3. The van der Waals surface area contributed by atoms with Gasteiger partial charge in [-0.3, -0.25) is 0 Å². The molecule has 14 heavy (non-hydrogen) atoms. The predicted molar refractivity (Wildman–Crippen MR) is 56.1 cm³/mol. The molecule has 0 aliphatic heterocycles. The topological polar surface area (TPSA) is 16.2 Å². The summed E-state index contributed by atoms with van der Waals surface area (Å²) >= 11 is 0. The lowest BCUT2D eigenvalue weighted by atomic mass is 10.2. The van der Waals surface area contributed by atoms with E-state index in [1.807, 2.05) is 67.1 Å². The lowest BCUT2D eigenvalue weighted by molar-refractivity contribution is -0.678. The maximum atomic E-state index is 4.27. The first-order valence-corrected chi connectivity index (χ1v) is 4.51. The Kier molecular flexibility index (Phi) is 2.67. The highest BCUT2D eigenvalue weighted by Crippen LogP contribution is 1.92. The molecule has 1 aromatic heterocycles. The Bertz CT molecular complexity index is 365. The Balaban J connectivity index is 2.16. The maximum absolute atomic E-state index is 4.27. The van der Waals surface area contributed by atoms with Gasteiger partial charge in [0.2, 0.25) is 12.4 Å². The lowest BCUT2D eigenvalue weighted by Crippen LogP contribution is -2.25.